The van der Waals surface area contributed by atoms with Crippen LogP contribution in [-0.2, 0) is 17.8 Å². The number of hydrogen-bond acceptors (Lipinski definition) is 4. The number of carbonyl (C=O) groups excluding carboxylic acids is 1. The van der Waals surface area contributed by atoms with Crippen LogP contribution in [0.5, 0.6) is 5.75 Å². The second kappa shape index (κ2) is 12.3. The molecule has 2 fully saturated rings. The van der Waals surface area contributed by atoms with E-state index in [2.05, 4.69) is 28.9 Å². The molecule has 38 heavy (non-hydrogen) atoms. The molecule has 5 rings (SSSR count). The topological polar surface area (TPSA) is 41.9 Å². The number of benzene rings is 3. The molecule has 1 aliphatic carbocycles. The Kier molecular flexibility index (Phi) is 8.65. The first-order valence-corrected chi connectivity index (χ1v) is 14.7. The van der Waals surface area contributed by atoms with Crippen molar-refractivity contribution in [1.29, 1.82) is 0 Å². The summed E-state index contributed by atoms with van der Waals surface area (Å²) in [5, 5.41) is 0.771. The van der Waals surface area contributed by atoms with Crippen molar-refractivity contribution in [3.8, 4) is 5.75 Å². The minimum absolute atomic E-state index is 0.0300. The number of rotatable bonds is 7. The van der Waals surface area contributed by atoms with Gasteiger partial charge in [0.1, 0.15) is 18.2 Å². The monoisotopic (exact) mass is 592 g/mol. The van der Waals surface area contributed by atoms with Crippen molar-refractivity contribution in [3.63, 3.8) is 0 Å². The van der Waals surface area contributed by atoms with Crippen molar-refractivity contribution in [1.82, 2.24) is 4.90 Å². The zero-order valence-electron chi connectivity index (χ0n) is 21.3. The molecule has 0 bridgehead atoms. The second-order valence-electron chi connectivity index (χ2n) is 9.56. The Morgan fingerprint density at radius 1 is 1.08 bits per heavy atom. The van der Waals surface area contributed by atoms with E-state index in [1.807, 2.05) is 47.4 Å². The van der Waals surface area contributed by atoms with Crippen LogP contribution in [0, 0.1) is 5.82 Å². The first kappa shape index (κ1) is 26.7. The number of amides is 1. The van der Waals surface area contributed by atoms with E-state index in [1.165, 1.54) is 35.9 Å². The highest BCUT2D eigenvalue weighted by Gasteiger charge is 2.38. The lowest BCUT2D eigenvalue weighted by atomic mass is 9.94. The molecule has 2 aliphatic rings. The molecule has 1 aliphatic heterocycles. The average molecular weight is 594 g/mol. The standard InChI is InChI=1S/C31H30BrFN2O2S/c1-2-23-8-6-7-11-27(23)34-31-35(25-9-4-3-5-10-25)30(36)29(38-31)19-22-14-17-28(26(32)18-22)37-20-21-12-15-24(33)16-13-21/h6-8,11-19,25H,2-5,9-10,20H2,1H3/b29-19+,34-31?. The number of thioether (sulfide) groups is 1. The van der Waals surface area contributed by atoms with Gasteiger partial charge in [-0.25, -0.2) is 9.38 Å². The lowest BCUT2D eigenvalue weighted by Crippen LogP contribution is -2.40. The van der Waals surface area contributed by atoms with Crippen LogP contribution in [0.15, 0.2) is 81.1 Å². The second-order valence-corrected chi connectivity index (χ2v) is 11.4. The lowest BCUT2D eigenvalue weighted by molar-refractivity contribution is -0.124. The Balaban J connectivity index is 1.39. The number of hydrogen-bond donors (Lipinski definition) is 0. The molecular formula is C31H30BrFN2O2S. The molecule has 0 N–H and O–H groups in total. The normalized spacial score (nSPS) is 18.5. The summed E-state index contributed by atoms with van der Waals surface area (Å²) in [4.78, 5) is 21.3. The van der Waals surface area contributed by atoms with Gasteiger partial charge in [0.25, 0.3) is 5.91 Å². The molecule has 0 spiro atoms. The number of nitrogens with zero attached hydrogens (tertiary/aromatic N) is 2. The summed E-state index contributed by atoms with van der Waals surface area (Å²) in [5.74, 6) is 0.447. The third-order valence-corrected chi connectivity index (χ3v) is 8.53. The molecule has 1 heterocycles. The summed E-state index contributed by atoms with van der Waals surface area (Å²) >= 11 is 5.06. The van der Waals surface area contributed by atoms with Gasteiger partial charge in [0, 0.05) is 6.04 Å². The van der Waals surface area contributed by atoms with E-state index in [1.54, 1.807) is 12.1 Å². The van der Waals surface area contributed by atoms with Gasteiger partial charge in [0.15, 0.2) is 5.17 Å². The van der Waals surface area contributed by atoms with Crippen molar-refractivity contribution in [2.75, 3.05) is 0 Å². The molecule has 7 heteroatoms. The number of para-hydroxylation sites is 1. The van der Waals surface area contributed by atoms with Crippen LogP contribution < -0.4 is 4.74 Å². The Morgan fingerprint density at radius 2 is 1.84 bits per heavy atom. The predicted molar refractivity (Wildman–Crippen MR) is 157 cm³/mol. The lowest BCUT2D eigenvalue weighted by Gasteiger charge is -2.30. The fourth-order valence-corrected chi connectivity index (χ4v) is 6.43. The van der Waals surface area contributed by atoms with Gasteiger partial charge in [-0.15, -0.1) is 0 Å². The van der Waals surface area contributed by atoms with Crippen LogP contribution in [0.4, 0.5) is 10.1 Å². The van der Waals surface area contributed by atoms with E-state index in [-0.39, 0.29) is 17.8 Å². The fourth-order valence-electron chi connectivity index (χ4n) is 4.86. The van der Waals surface area contributed by atoms with E-state index in [9.17, 15) is 9.18 Å². The van der Waals surface area contributed by atoms with E-state index in [0.717, 1.165) is 58.6 Å². The summed E-state index contributed by atoms with van der Waals surface area (Å²) in [6, 6.07) is 20.4. The molecule has 196 valence electrons. The number of aryl methyl sites for hydroxylation is 1. The zero-order valence-corrected chi connectivity index (χ0v) is 23.7. The molecule has 1 saturated heterocycles. The zero-order chi connectivity index (χ0) is 26.5. The van der Waals surface area contributed by atoms with Crippen molar-refractivity contribution < 1.29 is 13.9 Å². The van der Waals surface area contributed by atoms with Crippen LogP contribution in [0.1, 0.15) is 55.7 Å². The quantitative estimate of drug-likeness (QED) is 0.258. The first-order valence-electron chi connectivity index (χ1n) is 13.1. The van der Waals surface area contributed by atoms with E-state index in [4.69, 9.17) is 9.73 Å². The maximum absolute atomic E-state index is 13.7. The van der Waals surface area contributed by atoms with Gasteiger partial charge < -0.3 is 4.74 Å². The van der Waals surface area contributed by atoms with Crippen LogP contribution in [0.25, 0.3) is 6.08 Å². The Labute approximate surface area is 236 Å². The molecule has 0 atom stereocenters. The summed E-state index contributed by atoms with van der Waals surface area (Å²) in [6.45, 7) is 2.46. The summed E-state index contributed by atoms with van der Waals surface area (Å²) < 4.78 is 19.9. The van der Waals surface area contributed by atoms with Gasteiger partial charge in [-0.2, -0.15) is 0 Å². The molecule has 1 saturated carbocycles. The molecule has 0 aromatic heterocycles. The van der Waals surface area contributed by atoms with Crippen molar-refractivity contribution >= 4 is 50.5 Å². The fraction of sp³-hybridized carbons (Fsp3) is 0.290. The molecule has 1 amide bonds. The van der Waals surface area contributed by atoms with Crippen LogP contribution in [0.2, 0.25) is 0 Å². The highest BCUT2D eigenvalue weighted by molar-refractivity contribution is 9.10. The number of halogens is 2. The average Bonchev–Trinajstić information content (AvgIpc) is 3.24. The van der Waals surface area contributed by atoms with Crippen molar-refractivity contribution in [3.05, 3.63) is 98.6 Å². The maximum atomic E-state index is 13.7. The third kappa shape index (κ3) is 6.21. The first-order chi connectivity index (χ1) is 18.5. The van der Waals surface area contributed by atoms with Gasteiger partial charge >= 0.3 is 0 Å². The third-order valence-electron chi connectivity index (χ3n) is 6.93. The van der Waals surface area contributed by atoms with Gasteiger partial charge in [-0.05, 0) is 100 Å². The largest absolute Gasteiger partial charge is 0.488 e. The smallest absolute Gasteiger partial charge is 0.267 e. The van der Waals surface area contributed by atoms with Gasteiger partial charge in [-0.3, -0.25) is 9.69 Å². The SMILES string of the molecule is CCc1ccccc1N=C1S/C(=C/c2ccc(OCc3ccc(F)cc3)c(Br)c2)C(=O)N1C1CCCCC1. The molecule has 4 nitrogen and oxygen atoms in total. The highest BCUT2D eigenvalue weighted by atomic mass is 79.9. The van der Waals surface area contributed by atoms with E-state index >= 15 is 0 Å². The van der Waals surface area contributed by atoms with Crippen LogP contribution in [0.3, 0.4) is 0 Å². The number of ether oxygens (including phenoxy) is 1. The molecular weight excluding hydrogens is 563 g/mol. The molecule has 3 aromatic carbocycles. The number of amidine groups is 1. The van der Waals surface area contributed by atoms with Crippen LogP contribution in [-0.4, -0.2) is 22.0 Å². The van der Waals surface area contributed by atoms with Crippen LogP contribution >= 0.6 is 27.7 Å². The summed E-state index contributed by atoms with van der Waals surface area (Å²) in [6.07, 6.45) is 8.36. The molecule has 3 aromatic rings. The minimum Gasteiger partial charge on any atom is -0.488 e. The summed E-state index contributed by atoms with van der Waals surface area (Å²) in [7, 11) is 0. The molecule has 0 unspecified atom stereocenters. The maximum Gasteiger partial charge on any atom is 0.267 e. The Bertz CT molecular complexity index is 1370. The number of aliphatic imine (C=N–C) groups is 1. The van der Waals surface area contributed by atoms with Gasteiger partial charge in [0.05, 0.1) is 15.1 Å². The minimum atomic E-state index is -0.267. The molecule has 0 radical (unpaired) electrons. The van der Waals surface area contributed by atoms with Gasteiger partial charge in [0.2, 0.25) is 0 Å². The van der Waals surface area contributed by atoms with E-state index in [0.29, 0.717) is 17.3 Å². The predicted octanol–water partition coefficient (Wildman–Crippen LogP) is 8.67. The highest BCUT2D eigenvalue weighted by Crippen LogP contribution is 2.39. The van der Waals surface area contributed by atoms with Crippen molar-refractivity contribution in [2.24, 2.45) is 4.99 Å². The van der Waals surface area contributed by atoms with Gasteiger partial charge in [-0.1, -0.05) is 62.6 Å². The van der Waals surface area contributed by atoms with E-state index < -0.39 is 0 Å². The Morgan fingerprint density at radius 3 is 2.58 bits per heavy atom. The Hall–Kier alpha value is -2.90. The number of carbonyl (C=O) groups is 1. The van der Waals surface area contributed by atoms with Crippen molar-refractivity contribution in [2.45, 2.75) is 58.1 Å². The summed E-state index contributed by atoms with van der Waals surface area (Å²) in [5.41, 5.74) is 3.89.